The fraction of sp³-hybridized carbons (Fsp3) is 0.636. The van der Waals surface area contributed by atoms with Crippen LogP contribution in [0.15, 0.2) is 17.2 Å². The van der Waals surface area contributed by atoms with Crippen LogP contribution in [0.3, 0.4) is 0 Å². The van der Waals surface area contributed by atoms with Gasteiger partial charge in [-0.05, 0) is 6.42 Å². The molecule has 5 nitrogen and oxygen atoms in total. The maximum Gasteiger partial charge on any atom is 0.411 e. The number of anilines is 1. The summed E-state index contributed by atoms with van der Waals surface area (Å²) < 4.78 is 41.3. The Hall–Kier alpha value is -1.57. The zero-order valence-corrected chi connectivity index (χ0v) is 10.5. The lowest BCUT2D eigenvalue weighted by molar-refractivity contribution is -0.172. The molecule has 1 N–H and O–H groups in total. The van der Waals surface area contributed by atoms with Crippen LogP contribution < -0.4 is 10.9 Å². The average Bonchev–Trinajstić information content (AvgIpc) is 2.32. The highest BCUT2D eigenvalue weighted by Crippen LogP contribution is 2.13. The molecule has 0 fully saturated rings. The van der Waals surface area contributed by atoms with E-state index in [9.17, 15) is 18.0 Å². The predicted molar refractivity (Wildman–Crippen MR) is 64.2 cm³/mol. The Morgan fingerprint density at radius 2 is 2.21 bits per heavy atom. The quantitative estimate of drug-likeness (QED) is 0.771. The van der Waals surface area contributed by atoms with Gasteiger partial charge in [-0.3, -0.25) is 4.79 Å². The predicted octanol–water partition coefficient (Wildman–Crippen LogP) is 1.64. The van der Waals surface area contributed by atoms with Gasteiger partial charge >= 0.3 is 6.18 Å². The number of hydrogen-bond acceptors (Lipinski definition) is 4. The van der Waals surface area contributed by atoms with Gasteiger partial charge in [-0.15, -0.1) is 0 Å². The Morgan fingerprint density at radius 1 is 1.47 bits per heavy atom. The summed E-state index contributed by atoms with van der Waals surface area (Å²) in [6.07, 6.45) is -0.496. The van der Waals surface area contributed by atoms with E-state index in [4.69, 9.17) is 0 Å². The topological polar surface area (TPSA) is 56.1 Å². The summed E-state index contributed by atoms with van der Waals surface area (Å²) in [5.74, 6) is 0.117. The number of ether oxygens (including phenoxy) is 1. The summed E-state index contributed by atoms with van der Waals surface area (Å²) in [5.41, 5.74) is -0.292. The number of nitrogens with zero attached hydrogens (tertiary/aromatic N) is 2. The molecule has 19 heavy (non-hydrogen) atoms. The van der Waals surface area contributed by atoms with Gasteiger partial charge in [0.1, 0.15) is 6.61 Å². The first-order valence-corrected chi connectivity index (χ1v) is 5.88. The molecule has 0 aliphatic heterocycles. The highest BCUT2D eigenvalue weighted by Gasteiger charge is 2.27. The van der Waals surface area contributed by atoms with E-state index in [0.29, 0.717) is 6.54 Å². The van der Waals surface area contributed by atoms with Crippen LogP contribution in [0.1, 0.15) is 13.3 Å². The van der Waals surface area contributed by atoms with E-state index in [1.165, 1.54) is 10.8 Å². The first-order chi connectivity index (χ1) is 8.94. The minimum Gasteiger partial charge on any atom is -0.370 e. The molecule has 1 rings (SSSR count). The molecule has 0 aliphatic rings. The molecule has 0 radical (unpaired) electrons. The standard InChI is InChI=1S/C11H16F3N3O2/c1-2-5-17-6-3-15-9(10(17)18)16-4-7-19-8-11(12,13)14/h3,6H,2,4-5,7-8H2,1H3,(H,15,16). The minimum atomic E-state index is -4.33. The van der Waals surface area contributed by atoms with Crippen molar-refractivity contribution >= 4 is 5.82 Å². The molecule has 0 aromatic carbocycles. The number of hydrogen-bond donors (Lipinski definition) is 1. The molecule has 0 saturated carbocycles. The van der Waals surface area contributed by atoms with Crippen LogP contribution in [0.5, 0.6) is 0 Å². The van der Waals surface area contributed by atoms with Crippen LogP contribution in [-0.2, 0) is 11.3 Å². The molecule has 1 aromatic rings. The van der Waals surface area contributed by atoms with Crippen molar-refractivity contribution in [3.8, 4) is 0 Å². The van der Waals surface area contributed by atoms with Gasteiger partial charge in [-0.2, -0.15) is 13.2 Å². The number of alkyl halides is 3. The molecule has 0 aliphatic carbocycles. The highest BCUT2D eigenvalue weighted by atomic mass is 19.4. The molecule has 8 heteroatoms. The molecular weight excluding hydrogens is 263 g/mol. The lowest BCUT2D eigenvalue weighted by Gasteiger charge is -2.09. The van der Waals surface area contributed by atoms with E-state index in [-0.39, 0.29) is 24.5 Å². The molecule has 0 atom stereocenters. The van der Waals surface area contributed by atoms with Gasteiger partial charge in [0.05, 0.1) is 6.61 Å². The molecule has 0 spiro atoms. The molecule has 1 heterocycles. The third-order valence-electron chi connectivity index (χ3n) is 2.18. The fourth-order valence-corrected chi connectivity index (χ4v) is 1.42. The zero-order chi connectivity index (χ0) is 14.3. The summed E-state index contributed by atoms with van der Waals surface area (Å²) in [6, 6.07) is 0. The normalized spacial score (nSPS) is 11.6. The third kappa shape index (κ3) is 5.73. The van der Waals surface area contributed by atoms with E-state index in [1.54, 1.807) is 6.20 Å². The summed E-state index contributed by atoms with van der Waals surface area (Å²) in [4.78, 5) is 15.6. The van der Waals surface area contributed by atoms with Crippen molar-refractivity contribution in [1.82, 2.24) is 9.55 Å². The number of nitrogens with one attached hydrogen (secondary N) is 1. The van der Waals surface area contributed by atoms with Crippen molar-refractivity contribution in [3.63, 3.8) is 0 Å². The fourth-order valence-electron chi connectivity index (χ4n) is 1.42. The number of aryl methyl sites for hydroxylation is 1. The summed E-state index contributed by atoms with van der Waals surface area (Å²) >= 11 is 0. The first-order valence-electron chi connectivity index (χ1n) is 5.88. The van der Waals surface area contributed by atoms with E-state index in [1.807, 2.05) is 6.92 Å². The van der Waals surface area contributed by atoms with Crippen LogP contribution in [-0.4, -0.2) is 35.5 Å². The monoisotopic (exact) mass is 279 g/mol. The van der Waals surface area contributed by atoms with Crippen LogP contribution >= 0.6 is 0 Å². The van der Waals surface area contributed by atoms with Crippen LogP contribution in [0.4, 0.5) is 19.0 Å². The molecule has 0 saturated heterocycles. The summed E-state index contributed by atoms with van der Waals surface area (Å²) in [6.45, 7) is 1.15. The smallest absolute Gasteiger partial charge is 0.370 e. The second kappa shape index (κ2) is 7.13. The SMILES string of the molecule is CCCn1ccnc(NCCOCC(F)(F)F)c1=O. The van der Waals surface area contributed by atoms with Crippen molar-refractivity contribution in [3.05, 3.63) is 22.7 Å². The first kappa shape index (κ1) is 15.5. The van der Waals surface area contributed by atoms with Crippen molar-refractivity contribution in [2.75, 3.05) is 25.1 Å². The minimum absolute atomic E-state index is 0.0917. The van der Waals surface area contributed by atoms with E-state index >= 15 is 0 Å². The molecule has 0 amide bonds. The number of halogens is 3. The molecular formula is C11H16F3N3O2. The largest absolute Gasteiger partial charge is 0.411 e. The lowest BCUT2D eigenvalue weighted by Crippen LogP contribution is -2.26. The van der Waals surface area contributed by atoms with Gasteiger partial charge in [0.2, 0.25) is 0 Å². The molecule has 0 bridgehead atoms. The van der Waals surface area contributed by atoms with Crippen LogP contribution in [0, 0.1) is 0 Å². The summed E-state index contributed by atoms with van der Waals surface area (Å²) in [5, 5.41) is 2.66. The number of rotatable bonds is 7. The Labute approximate surface area is 108 Å². The Balaban J connectivity index is 2.41. The Kier molecular flexibility index (Phi) is 5.81. The van der Waals surface area contributed by atoms with Gasteiger partial charge in [0, 0.05) is 25.5 Å². The van der Waals surface area contributed by atoms with Crippen LogP contribution in [0.25, 0.3) is 0 Å². The number of aromatic nitrogens is 2. The molecule has 108 valence electrons. The average molecular weight is 279 g/mol. The van der Waals surface area contributed by atoms with E-state index in [2.05, 4.69) is 15.0 Å². The van der Waals surface area contributed by atoms with Crippen molar-refractivity contribution < 1.29 is 17.9 Å². The van der Waals surface area contributed by atoms with Gasteiger partial charge in [0.25, 0.3) is 5.56 Å². The van der Waals surface area contributed by atoms with Gasteiger partial charge < -0.3 is 14.6 Å². The molecule has 1 aromatic heterocycles. The van der Waals surface area contributed by atoms with E-state index < -0.39 is 12.8 Å². The highest BCUT2D eigenvalue weighted by molar-refractivity contribution is 5.30. The summed E-state index contributed by atoms with van der Waals surface area (Å²) in [7, 11) is 0. The van der Waals surface area contributed by atoms with Crippen molar-refractivity contribution in [1.29, 1.82) is 0 Å². The van der Waals surface area contributed by atoms with E-state index in [0.717, 1.165) is 6.42 Å². The molecule has 0 unspecified atom stereocenters. The maximum absolute atomic E-state index is 11.8. The van der Waals surface area contributed by atoms with Gasteiger partial charge in [-0.25, -0.2) is 4.98 Å². The maximum atomic E-state index is 11.8. The zero-order valence-electron chi connectivity index (χ0n) is 10.5. The van der Waals surface area contributed by atoms with Crippen LogP contribution in [0.2, 0.25) is 0 Å². The Bertz CT molecular complexity index is 446. The second-order valence-corrected chi connectivity index (χ2v) is 3.87. The van der Waals surface area contributed by atoms with Gasteiger partial charge in [0.15, 0.2) is 5.82 Å². The van der Waals surface area contributed by atoms with Gasteiger partial charge in [-0.1, -0.05) is 6.92 Å². The van der Waals surface area contributed by atoms with Crippen molar-refractivity contribution in [2.24, 2.45) is 0 Å². The second-order valence-electron chi connectivity index (χ2n) is 3.87. The Morgan fingerprint density at radius 3 is 2.84 bits per heavy atom. The lowest BCUT2D eigenvalue weighted by atomic mass is 10.4. The van der Waals surface area contributed by atoms with Crippen molar-refractivity contribution in [2.45, 2.75) is 26.1 Å². The third-order valence-corrected chi connectivity index (χ3v) is 2.18.